The van der Waals surface area contributed by atoms with Gasteiger partial charge < -0.3 is 10.6 Å². The van der Waals surface area contributed by atoms with E-state index in [1.807, 2.05) is 0 Å². The fourth-order valence-electron chi connectivity index (χ4n) is 3.23. The Bertz CT molecular complexity index is 494. The second-order valence-electron chi connectivity index (χ2n) is 7.49. The fourth-order valence-corrected chi connectivity index (χ4v) is 5.09. The first-order valence-electron chi connectivity index (χ1n) is 8.59. The quantitative estimate of drug-likeness (QED) is 0.378. The van der Waals surface area contributed by atoms with Gasteiger partial charge in [-0.2, -0.15) is 0 Å². The summed E-state index contributed by atoms with van der Waals surface area (Å²) in [6.07, 6.45) is 4.44. The molecular weight excluding hydrogens is 425 g/mol. The van der Waals surface area contributed by atoms with E-state index in [9.17, 15) is 8.42 Å². The van der Waals surface area contributed by atoms with Gasteiger partial charge in [0.25, 0.3) is 0 Å². The van der Waals surface area contributed by atoms with Crippen LogP contribution in [0, 0.1) is 17.8 Å². The first-order chi connectivity index (χ1) is 10.3. The third-order valence-corrected chi connectivity index (χ3v) is 6.37. The number of hydrogen-bond donors (Lipinski definition) is 2. The van der Waals surface area contributed by atoms with Gasteiger partial charge in [-0.15, -0.1) is 24.0 Å². The Labute approximate surface area is 158 Å². The summed E-state index contributed by atoms with van der Waals surface area (Å²) in [6.45, 7) is 8.10. The van der Waals surface area contributed by atoms with Gasteiger partial charge in [-0.1, -0.05) is 20.8 Å². The lowest BCUT2D eigenvalue weighted by Crippen LogP contribution is -2.44. The van der Waals surface area contributed by atoms with Gasteiger partial charge in [-0.05, 0) is 43.4 Å². The van der Waals surface area contributed by atoms with Crippen molar-refractivity contribution in [2.75, 3.05) is 24.6 Å². The molecule has 1 heterocycles. The minimum atomic E-state index is -2.80. The zero-order valence-corrected chi connectivity index (χ0v) is 17.7. The van der Waals surface area contributed by atoms with Crippen LogP contribution in [0.5, 0.6) is 0 Å². The van der Waals surface area contributed by atoms with Crippen LogP contribution in [-0.2, 0) is 9.84 Å². The predicted molar refractivity (Wildman–Crippen MR) is 107 cm³/mol. The Morgan fingerprint density at radius 1 is 1.26 bits per heavy atom. The molecule has 2 rings (SSSR count). The maximum atomic E-state index is 11.5. The summed E-state index contributed by atoms with van der Waals surface area (Å²) in [5.41, 5.74) is 0. The molecule has 0 bridgehead atoms. The zero-order chi connectivity index (χ0) is 16.2. The highest BCUT2D eigenvalue weighted by Crippen LogP contribution is 2.24. The van der Waals surface area contributed by atoms with Gasteiger partial charge >= 0.3 is 0 Å². The number of nitrogens with zero attached hydrogens (tertiary/aromatic N) is 1. The van der Waals surface area contributed by atoms with Crippen LogP contribution in [0.2, 0.25) is 0 Å². The van der Waals surface area contributed by atoms with Gasteiger partial charge in [0.05, 0.1) is 11.5 Å². The molecule has 0 amide bonds. The molecule has 2 fully saturated rings. The van der Waals surface area contributed by atoms with Gasteiger partial charge in [0.15, 0.2) is 15.8 Å². The number of nitrogens with one attached hydrogen (secondary N) is 2. The molecule has 0 radical (unpaired) electrons. The highest BCUT2D eigenvalue weighted by molar-refractivity contribution is 14.0. The predicted octanol–water partition coefficient (Wildman–Crippen LogP) is 2.42. The van der Waals surface area contributed by atoms with E-state index in [2.05, 4.69) is 36.4 Å². The van der Waals surface area contributed by atoms with E-state index >= 15 is 0 Å². The summed E-state index contributed by atoms with van der Waals surface area (Å²) >= 11 is 0. The third kappa shape index (κ3) is 7.58. The van der Waals surface area contributed by atoms with Gasteiger partial charge in [-0.3, -0.25) is 4.99 Å². The molecule has 2 N–H and O–H groups in total. The Morgan fingerprint density at radius 3 is 2.52 bits per heavy atom. The lowest BCUT2D eigenvalue weighted by atomic mass is 10.1. The number of rotatable bonds is 5. The van der Waals surface area contributed by atoms with Crippen LogP contribution in [0.15, 0.2) is 4.99 Å². The molecule has 5 nitrogen and oxygen atoms in total. The standard InChI is InChI=1S/C16H31N3O2S.HI/c1-12(2)9-17-16(19-15-5-4-13(3)8-15)18-10-14-6-7-22(20,21)11-14;/h12-15H,4-11H2,1-3H3,(H2,17,18,19);1H. The molecule has 3 atom stereocenters. The molecule has 0 spiro atoms. The van der Waals surface area contributed by atoms with Crippen molar-refractivity contribution in [3.63, 3.8) is 0 Å². The lowest BCUT2D eigenvalue weighted by molar-refractivity contribution is 0.539. The highest BCUT2D eigenvalue weighted by Gasteiger charge is 2.28. The average Bonchev–Trinajstić information content (AvgIpc) is 2.98. The van der Waals surface area contributed by atoms with Crippen molar-refractivity contribution in [2.45, 2.75) is 52.5 Å². The molecule has 2 aliphatic rings. The van der Waals surface area contributed by atoms with Crippen molar-refractivity contribution in [1.82, 2.24) is 10.6 Å². The van der Waals surface area contributed by atoms with Crippen molar-refractivity contribution >= 4 is 39.8 Å². The fraction of sp³-hybridized carbons (Fsp3) is 0.938. The topological polar surface area (TPSA) is 70.6 Å². The van der Waals surface area contributed by atoms with Gasteiger partial charge in [0, 0.05) is 19.1 Å². The smallest absolute Gasteiger partial charge is 0.191 e. The maximum absolute atomic E-state index is 11.5. The lowest BCUT2D eigenvalue weighted by Gasteiger charge is -2.19. The second-order valence-corrected chi connectivity index (χ2v) is 9.72. The Balaban J connectivity index is 0.00000264. The van der Waals surface area contributed by atoms with E-state index in [-0.39, 0.29) is 29.9 Å². The molecule has 1 saturated carbocycles. The Hall–Kier alpha value is -0.0500. The molecule has 1 saturated heterocycles. The van der Waals surface area contributed by atoms with E-state index in [0.717, 1.165) is 24.8 Å². The first kappa shape index (κ1) is 21.0. The van der Waals surface area contributed by atoms with Crippen LogP contribution in [0.25, 0.3) is 0 Å². The zero-order valence-electron chi connectivity index (χ0n) is 14.5. The molecule has 1 aliphatic carbocycles. The molecule has 0 aromatic rings. The Morgan fingerprint density at radius 2 is 2.00 bits per heavy atom. The minimum Gasteiger partial charge on any atom is -0.356 e. The highest BCUT2D eigenvalue weighted by atomic mass is 127. The van der Waals surface area contributed by atoms with Crippen molar-refractivity contribution in [2.24, 2.45) is 22.7 Å². The first-order valence-corrected chi connectivity index (χ1v) is 10.4. The molecule has 1 aliphatic heterocycles. The van der Waals surface area contributed by atoms with Crippen LogP contribution in [0.1, 0.15) is 46.5 Å². The molecule has 0 aromatic heterocycles. The summed E-state index contributed by atoms with van der Waals surface area (Å²) in [7, 11) is -2.80. The number of sulfone groups is 1. The average molecular weight is 457 g/mol. The molecular formula is C16H32IN3O2S. The van der Waals surface area contributed by atoms with Crippen molar-refractivity contribution in [3.8, 4) is 0 Å². The molecule has 23 heavy (non-hydrogen) atoms. The van der Waals surface area contributed by atoms with E-state index in [0.29, 0.717) is 30.0 Å². The van der Waals surface area contributed by atoms with E-state index < -0.39 is 9.84 Å². The van der Waals surface area contributed by atoms with Crippen LogP contribution in [0.3, 0.4) is 0 Å². The van der Waals surface area contributed by atoms with Gasteiger partial charge in [-0.25, -0.2) is 8.42 Å². The summed E-state index contributed by atoms with van der Waals surface area (Å²) in [4.78, 5) is 4.65. The number of halogens is 1. The van der Waals surface area contributed by atoms with Crippen LogP contribution >= 0.6 is 24.0 Å². The van der Waals surface area contributed by atoms with Crippen molar-refractivity contribution < 1.29 is 8.42 Å². The molecule has 136 valence electrons. The van der Waals surface area contributed by atoms with Crippen LogP contribution in [0.4, 0.5) is 0 Å². The summed E-state index contributed by atoms with van der Waals surface area (Å²) < 4.78 is 23.1. The second kappa shape index (κ2) is 9.44. The van der Waals surface area contributed by atoms with Crippen LogP contribution in [-0.4, -0.2) is 45.0 Å². The summed E-state index contributed by atoms with van der Waals surface area (Å²) in [5.74, 6) is 3.04. The molecule has 0 aromatic carbocycles. The number of hydrogen-bond acceptors (Lipinski definition) is 3. The van der Waals surface area contributed by atoms with E-state index in [1.165, 1.54) is 19.3 Å². The van der Waals surface area contributed by atoms with Crippen LogP contribution < -0.4 is 10.6 Å². The minimum absolute atomic E-state index is 0. The van der Waals surface area contributed by atoms with Crippen molar-refractivity contribution in [3.05, 3.63) is 0 Å². The normalized spacial score (nSPS) is 30.3. The Kier molecular flexibility index (Phi) is 8.61. The maximum Gasteiger partial charge on any atom is 0.191 e. The van der Waals surface area contributed by atoms with E-state index in [1.54, 1.807) is 0 Å². The van der Waals surface area contributed by atoms with Crippen molar-refractivity contribution in [1.29, 1.82) is 0 Å². The summed E-state index contributed by atoms with van der Waals surface area (Å²) in [5, 5.41) is 6.91. The largest absolute Gasteiger partial charge is 0.356 e. The SMILES string of the molecule is CC(C)CN=C(NCC1CCS(=O)(=O)C1)NC1CCC(C)C1.I. The monoisotopic (exact) mass is 457 g/mol. The third-order valence-electron chi connectivity index (χ3n) is 4.54. The summed E-state index contributed by atoms with van der Waals surface area (Å²) in [6, 6.07) is 0.501. The molecule has 7 heteroatoms. The van der Waals surface area contributed by atoms with Gasteiger partial charge in [0.2, 0.25) is 0 Å². The number of aliphatic imine (C=N–C) groups is 1. The van der Waals surface area contributed by atoms with Gasteiger partial charge in [0.1, 0.15) is 0 Å². The molecule has 3 unspecified atom stereocenters. The van der Waals surface area contributed by atoms with E-state index in [4.69, 9.17) is 0 Å². The number of guanidine groups is 1.